The van der Waals surface area contributed by atoms with Gasteiger partial charge in [-0.2, -0.15) is 0 Å². The number of hydrogen-bond donors (Lipinski definition) is 2. The van der Waals surface area contributed by atoms with E-state index < -0.39 is 32.5 Å². The third-order valence-electron chi connectivity index (χ3n) is 8.02. The standard InChI is InChI=1S/C44H74NO8P/c1-3-5-7-9-11-13-15-17-19-20-21-22-23-25-27-29-31-33-35-37-44(47)53-42(41-52-54(48,49)51-39-38-45)40-50-43(46)36-34-32-30-28-26-24-18-16-14-12-10-8-6-4-2/h5,7,10-13,16-19,21-22,25,27,42H,3-4,6,8-9,14-15,20,23-24,26,28-41,45H2,1-2H3,(H,48,49)/b7-5+,12-10+,13-11+,18-16+,19-17+,22-21+,27-25+/t42-/m1/s1. The molecule has 1 unspecified atom stereocenters. The molecule has 0 aromatic carbocycles. The van der Waals surface area contributed by atoms with E-state index in [1.165, 1.54) is 12.8 Å². The molecular weight excluding hydrogens is 701 g/mol. The molecule has 0 aliphatic rings. The predicted molar refractivity (Wildman–Crippen MR) is 224 cm³/mol. The topological polar surface area (TPSA) is 134 Å². The molecule has 0 spiro atoms. The average molecular weight is 776 g/mol. The maximum absolute atomic E-state index is 12.6. The lowest BCUT2D eigenvalue weighted by Crippen LogP contribution is -2.29. The van der Waals surface area contributed by atoms with Crippen LogP contribution in [-0.2, 0) is 32.7 Å². The lowest BCUT2D eigenvalue weighted by atomic mass is 10.1. The second kappa shape index (κ2) is 39.9. The van der Waals surface area contributed by atoms with Gasteiger partial charge in [-0.25, -0.2) is 4.57 Å². The number of nitrogens with two attached hydrogens (primary N) is 1. The Morgan fingerprint density at radius 2 is 1.02 bits per heavy atom. The molecular formula is C44H74NO8P. The van der Waals surface area contributed by atoms with Crippen molar-refractivity contribution in [1.29, 1.82) is 0 Å². The van der Waals surface area contributed by atoms with Gasteiger partial charge in [0, 0.05) is 19.4 Å². The van der Waals surface area contributed by atoms with Crippen LogP contribution in [-0.4, -0.2) is 49.3 Å². The molecule has 0 heterocycles. The Labute approximate surface area is 328 Å². The molecule has 0 saturated carbocycles. The minimum atomic E-state index is -4.39. The first-order valence-corrected chi connectivity index (χ1v) is 22.1. The summed E-state index contributed by atoms with van der Waals surface area (Å²) >= 11 is 0. The molecule has 10 heteroatoms. The molecule has 0 saturated heterocycles. The Kier molecular flexibility index (Phi) is 37.8. The quantitative estimate of drug-likeness (QED) is 0.0274. The highest BCUT2D eigenvalue weighted by atomic mass is 31.2. The van der Waals surface area contributed by atoms with Gasteiger partial charge in [-0.05, 0) is 83.5 Å². The van der Waals surface area contributed by atoms with E-state index in [1.807, 2.05) is 0 Å². The first-order chi connectivity index (χ1) is 26.3. The maximum Gasteiger partial charge on any atom is 0.472 e. The van der Waals surface area contributed by atoms with Crippen molar-refractivity contribution < 1.29 is 37.6 Å². The van der Waals surface area contributed by atoms with Gasteiger partial charge in [0.25, 0.3) is 0 Å². The van der Waals surface area contributed by atoms with Crippen LogP contribution in [0.15, 0.2) is 85.1 Å². The molecule has 0 aliphatic carbocycles. The van der Waals surface area contributed by atoms with Crippen LogP contribution >= 0.6 is 7.82 Å². The highest BCUT2D eigenvalue weighted by molar-refractivity contribution is 7.47. The van der Waals surface area contributed by atoms with Crippen LogP contribution in [0.5, 0.6) is 0 Å². The number of rotatable bonds is 37. The summed E-state index contributed by atoms with van der Waals surface area (Å²) < 4.78 is 32.7. The van der Waals surface area contributed by atoms with E-state index in [4.69, 9.17) is 24.3 Å². The summed E-state index contributed by atoms with van der Waals surface area (Å²) in [5, 5.41) is 0. The fraction of sp³-hybridized carbons (Fsp3) is 0.636. The van der Waals surface area contributed by atoms with Crippen LogP contribution < -0.4 is 5.73 Å². The van der Waals surface area contributed by atoms with Gasteiger partial charge >= 0.3 is 19.8 Å². The van der Waals surface area contributed by atoms with E-state index in [2.05, 4.69) is 98.9 Å². The van der Waals surface area contributed by atoms with Crippen molar-refractivity contribution in [2.45, 2.75) is 155 Å². The number of carbonyl (C=O) groups excluding carboxylic acids is 2. The zero-order valence-electron chi connectivity index (χ0n) is 33.7. The van der Waals surface area contributed by atoms with Gasteiger partial charge in [0.15, 0.2) is 6.10 Å². The van der Waals surface area contributed by atoms with E-state index in [-0.39, 0.29) is 32.6 Å². The van der Waals surface area contributed by atoms with Crippen molar-refractivity contribution in [1.82, 2.24) is 0 Å². The number of phosphoric ester groups is 1. The minimum Gasteiger partial charge on any atom is -0.462 e. The Morgan fingerprint density at radius 1 is 0.574 bits per heavy atom. The molecule has 0 aromatic rings. The number of carbonyl (C=O) groups is 2. The highest BCUT2D eigenvalue weighted by Gasteiger charge is 2.25. The number of allylic oxidation sites excluding steroid dienone is 14. The molecule has 0 aliphatic heterocycles. The molecule has 0 rings (SSSR count). The van der Waals surface area contributed by atoms with E-state index in [1.54, 1.807) is 0 Å². The first kappa shape index (κ1) is 51.2. The second-order valence-corrected chi connectivity index (χ2v) is 14.6. The van der Waals surface area contributed by atoms with Crippen molar-refractivity contribution in [3.05, 3.63) is 85.1 Å². The zero-order valence-corrected chi connectivity index (χ0v) is 34.6. The molecule has 2 atom stereocenters. The Balaban J connectivity index is 4.30. The van der Waals surface area contributed by atoms with Crippen LogP contribution in [0, 0.1) is 0 Å². The van der Waals surface area contributed by atoms with Crippen LogP contribution in [0.3, 0.4) is 0 Å². The number of ether oxygens (including phenoxy) is 2. The number of unbranched alkanes of at least 4 members (excludes halogenated alkanes) is 10. The Morgan fingerprint density at radius 3 is 1.54 bits per heavy atom. The SMILES string of the molecule is CC/C=C/C/C=C/C/C=C/C/C=C/C/C=C/CCCCCC(=O)O[C@H](COC(=O)CCCCCCC/C=C/C/C=C/CCCC)COP(=O)(O)OCCN. The minimum absolute atomic E-state index is 0.0408. The second-order valence-electron chi connectivity index (χ2n) is 13.1. The molecule has 0 bridgehead atoms. The van der Waals surface area contributed by atoms with Gasteiger partial charge in [-0.1, -0.05) is 137 Å². The Hall–Kier alpha value is -2.81. The fourth-order valence-corrected chi connectivity index (χ4v) is 5.73. The molecule has 0 fully saturated rings. The van der Waals surface area contributed by atoms with Crippen LogP contribution in [0.1, 0.15) is 149 Å². The van der Waals surface area contributed by atoms with E-state index >= 15 is 0 Å². The van der Waals surface area contributed by atoms with Gasteiger partial charge in [-0.3, -0.25) is 18.6 Å². The largest absolute Gasteiger partial charge is 0.472 e. The van der Waals surface area contributed by atoms with Crippen molar-refractivity contribution >= 4 is 19.8 Å². The smallest absolute Gasteiger partial charge is 0.462 e. The number of esters is 2. The van der Waals surface area contributed by atoms with Crippen molar-refractivity contribution in [2.75, 3.05) is 26.4 Å². The van der Waals surface area contributed by atoms with E-state index in [0.29, 0.717) is 12.8 Å². The van der Waals surface area contributed by atoms with Crippen molar-refractivity contribution in [3.8, 4) is 0 Å². The summed E-state index contributed by atoms with van der Waals surface area (Å²) in [4.78, 5) is 34.8. The summed E-state index contributed by atoms with van der Waals surface area (Å²) in [5.74, 6) is -0.893. The molecule has 0 aromatic heterocycles. The van der Waals surface area contributed by atoms with Crippen LogP contribution in [0.25, 0.3) is 0 Å². The average Bonchev–Trinajstić information content (AvgIpc) is 3.16. The third kappa shape index (κ3) is 38.9. The van der Waals surface area contributed by atoms with Gasteiger partial charge in [0.1, 0.15) is 6.61 Å². The predicted octanol–water partition coefficient (Wildman–Crippen LogP) is 11.7. The number of phosphoric acid groups is 1. The monoisotopic (exact) mass is 776 g/mol. The van der Waals surface area contributed by atoms with Crippen molar-refractivity contribution in [2.24, 2.45) is 5.73 Å². The maximum atomic E-state index is 12.6. The van der Waals surface area contributed by atoms with Gasteiger partial charge < -0.3 is 20.1 Å². The molecule has 308 valence electrons. The summed E-state index contributed by atoms with van der Waals surface area (Å²) in [7, 11) is -4.39. The summed E-state index contributed by atoms with van der Waals surface area (Å²) in [6, 6.07) is 0. The van der Waals surface area contributed by atoms with Gasteiger partial charge in [-0.15, -0.1) is 0 Å². The third-order valence-corrected chi connectivity index (χ3v) is 9.00. The summed E-state index contributed by atoms with van der Waals surface area (Å²) in [5.41, 5.74) is 5.34. The van der Waals surface area contributed by atoms with E-state index in [9.17, 15) is 19.0 Å². The lowest BCUT2D eigenvalue weighted by molar-refractivity contribution is -0.161. The first-order valence-electron chi connectivity index (χ1n) is 20.6. The van der Waals surface area contributed by atoms with Gasteiger partial charge in [0.2, 0.25) is 0 Å². The van der Waals surface area contributed by atoms with Crippen molar-refractivity contribution in [3.63, 3.8) is 0 Å². The molecule has 9 nitrogen and oxygen atoms in total. The molecule has 0 amide bonds. The van der Waals surface area contributed by atoms with Gasteiger partial charge in [0.05, 0.1) is 13.2 Å². The molecule has 0 radical (unpaired) electrons. The molecule has 54 heavy (non-hydrogen) atoms. The highest BCUT2D eigenvalue weighted by Crippen LogP contribution is 2.43. The van der Waals surface area contributed by atoms with Crippen LogP contribution in [0.4, 0.5) is 0 Å². The van der Waals surface area contributed by atoms with E-state index in [0.717, 1.165) is 96.3 Å². The normalized spacial score (nSPS) is 14.2. The van der Waals surface area contributed by atoms with Crippen LogP contribution in [0.2, 0.25) is 0 Å². The fourth-order valence-electron chi connectivity index (χ4n) is 4.97. The zero-order chi connectivity index (χ0) is 39.6. The molecule has 3 N–H and O–H groups in total. The lowest BCUT2D eigenvalue weighted by Gasteiger charge is -2.19. The summed E-state index contributed by atoms with van der Waals surface area (Å²) in [6.07, 6.45) is 48.9. The number of hydrogen-bond acceptors (Lipinski definition) is 8. The summed E-state index contributed by atoms with van der Waals surface area (Å²) in [6.45, 7) is 3.49. The Bertz CT molecular complexity index is 1160.